The molecule has 1 unspecified atom stereocenters. The second kappa shape index (κ2) is 10.5. The van der Waals surface area contributed by atoms with E-state index in [1.807, 2.05) is 0 Å². The van der Waals surface area contributed by atoms with Gasteiger partial charge in [-0.05, 0) is 44.5 Å². The summed E-state index contributed by atoms with van der Waals surface area (Å²) in [7, 11) is 0. The molecule has 2 aromatic rings. The number of benzene rings is 1. The van der Waals surface area contributed by atoms with Gasteiger partial charge in [0.05, 0.1) is 9.95 Å². The van der Waals surface area contributed by atoms with Gasteiger partial charge in [-0.2, -0.15) is 0 Å². The summed E-state index contributed by atoms with van der Waals surface area (Å²) in [4.78, 5) is 21.8. The molecular formula is C23H28Cl2FN5O2. The van der Waals surface area contributed by atoms with Crippen molar-refractivity contribution < 1.29 is 9.31 Å². The summed E-state index contributed by atoms with van der Waals surface area (Å²) in [5, 5.41) is 11.7. The first kappa shape index (κ1) is 24.1. The molecule has 0 spiro atoms. The summed E-state index contributed by atoms with van der Waals surface area (Å²) >= 11 is 12.2. The third-order valence-corrected chi connectivity index (χ3v) is 7.27. The molecular weight excluding hydrogens is 468 g/mol. The first-order valence-corrected chi connectivity index (χ1v) is 12.1. The number of hydrogen-bond acceptors (Lipinski definition) is 6. The molecule has 0 N–H and O–H groups in total. The number of pyridine rings is 1. The second-order valence-corrected chi connectivity index (χ2v) is 9.59. The molecule has 0 amide bonds. The number of halogens is 3. The predicted octanol–water partition coefficient (Wildman–Crippen LogP) is 5.00. The molecule has 0 saturated carbocycles. The fraction of sp³-hybridized carbons (Fsp3) is 0.522. The molecule has 2 saturated heterocycles. The molecule has 3 heterocycles. The minimum absolute atomic E-state index is 0.0975. The lowest BCUT2D eigenvalue weighted by atomic mass is 9.97. The van der Waals surface area contributed by atoms with Crippen molar-refractivity contribution in [1.82, 2.24) is 14.8 Å². The van der Waals surface area contributed by atoms with E-state index in [9.17, 15) is 14.5 Å². The maximum atomic E-state index is 14.2. The van der Waals surface area contributed by atoms with E-state index in [2.05, 4.69) is 26.6 Å². The SMILES string of the molecule is CCC1CN(c2ncc([N+](=O)[O-])cc2Cl)CCN1C1CCN(Cc2ccc(Cl)cc2F)CC1. The summed E-state index contributed by atoms with van der Waals surface area (Å²) in [5.74, 6) is 0.366. The third kappa shape index (κ3) is 5.57. The highest BCUT2D eigenvalue weighted by Gasteiger charge is 2.34. The average molecular weight is 496 g/mol. The van der Waals surface area contributed by atoms with Crippen LogP contribution in [-0.4, -0.2) is 64.5 Å². The van der Waals surface area contributed by atoms with Crippen LogP contribution in [0.2, 0.25) is 10.0 Å². The first-order chi connectivity index (χ1) is 15.9. The van der Waals surface area contributed by atoms with Gasteiger partial charge in [-0.25, -0.2) is 9.37 Å². The van der Waals surface area contributed by atoms with Crippen LogP contribution in [0.3, 0.4) is 0 Å². The molecule has 2 aliphatic rings. The molecule has 0 radical (unpaired) electrons. The van der Waals surface area contributed by atoms with Crippen molar-refractivity contribution in [2.45, 2.75) is 44.8 Å². The quantitative estimate of drug-likeness (QED) is 0.414. The predicted molar refractivity (Wildman–Crippen MR) is 129 cm³/mol. The van der Waals surface area contributed by atoms with E-state index in [1.165, 1.54) is 18.3 Å². The van der Waals surface area contributed by atoms with Crippen LogP contribution in [0.25, 0.3) is 0 Å². The molecule has 4 rings (SSSR count). The van der Waals surface area contributed by atoms with E-state index in [-0.39, 0.29) is 11.5 Å². The minimum atomic E-state index is -0.483. The van der Waals surface area contributed by atoms with Crippen LogP contribution in [0.5, 0.6) is 0 Å². The lowest BCUT2D eigenvalue weighted by molar-refractivity contribution is -0.385. The molecule has 0 bridgehead atoms. The van der Waals surface area contributed by atoms with Crippen LogP contribution >= 0.6 is 23.2 Å². The smallest absolute Gasteiger partial charge is 0.289 e. The second-order valence-electron chi connectivity index (χ2n) is 8.75. The monoisotopic (exact) mass is 495 g/mol. The van der Waals surface area contributed by atoms with Crippen LogP contribution in [0.1, 0.15) is 31.7 Å². The van der Waals surface area contributed by atoms with E-state index in [1.54, 1.807) is 12.1 Å². The van der Waals surface area contributed by atoms with Crippen molar-refractivity contribution >= 4 is 34.7 Å². The third-order valence-electron chi connectivity index (χ3n) is 6.75. The normalized spacial score (nSPS) is 20.8. The number of piperidine rings is 1. The molecule has 0 aliphatic carbocycles. The Morgan fingerprint density at radius 3 is 2.58 bits per heavy atom. The van der Waals surface area contributed by atoms with Crippen molar-refractivity contribution in [1.29, 1.82) is 0 Å². The maximum Gasteiger partial charge on any atom is 0.289 e. The highest BCUT2D eigenvalue weighted by atomic mass is 35.5. The zero-order chi connectivity index (χ0) is 23.5. The van der Waals surface area contributed by atoms with E-state index in [0.29, 0.717) is 40.1 Å². The van der Waals surface area contributed by atoms with Crippen LogP contribution in [0.4, 0.5) is 15.9 Å². The fourth-order valence-corrected chi connectivity index (χ4v) is 5.40. The first-order valence-electron chi connectivity index (χ1n) is 11.3. The van der Waals surface area contributed by atoms with Gasteiger partial charge in [-0.1, -0.05) is 36.2 Å². The largest absolute Gasteiger partial charge is 0.353 e. The van der Waals surface area contributed by atoms with E-state index >= 15 is 0 Å². The van der Waals surface area contributed by atoms with Crippen LogP contribution in [0.15, 0.2) is 30.5 Å². The molecule has 10 heteroatoms. The van der Waals surface area contributed by atoms with Crippen molar-refractivity contribution in [3.05, 3.63) is 62.0 Å². The Kier molecular flexibility index (Phi) is 7.69. The number of anilines is 1. The van der Waals surface area contributed by atoms with Gasteiger partial charge >= 0.3 is 0 Å². The number of nitro groups is 1. The van der Waals surface area contributed by atoms with E-state index < -0.39 is 4.92 Å². The van der Waals surface area contributed by atoms with Gasteiger partial charge in [-0.3, -0.25) is 19.9 Å². The van der Waals surface area contributed by atoms with Gasteiger partial charge in [-0.15, -0.1) is 0 Å². The molecule has 7 nitrogen and oxygen atoms in total. The van der Waals surface area contributed by atoms with Gasteiger partial charge in [0.2, 0.25) is 0 Å². The topological polar surface area (TPSA) is 65.8 Å². The fourth-order valence-electron chi connectivity index (χ4n) is 4.96. The Balaban J connectivity index is 1.35. The summed E-state index contributed by atoms with van der Waals surface area (Å²) in [5.41, 5.74) is 0.588. The van der Waals surface area contributed by atoms with Crippen LogP contribution in [-0.2, 0) is 6.54 Å². The van der Waals surface area contributed by atoms with E-state index in [0.717, 1.165) is 52.0 Å². The zero-order valence-electron chi connectivity index (χ0n) is 18.6. The molecule has 2 fully saturated rings. The van der Waals surface area contributed by atoms with Crippen LogP contribution < -0.4 is 4.90 Å². The standard InChI is InChI=1S/C23H28Cl2FN5O2/c1-2-18-15-29(23-21(25)12-20(13-27-23)31(32)33)9-10-30(18)19-5-7-28(8-6-19)14-16-3-4-17(24)11-22(16)26/h3-4,11-13,18-19H,2,5-10,14-15H2,1H3. The summed E-state index contributed by atoms with van der Waals surface area (Å²) in [6, 6.07) is 7.11. The van der Waals surface area contributed by atoms with Gasteiger partial charge < -0.3 is 4.90 Å². The highest BCUT2D eigenvalue weighted by molar-refractivity contribution is 6.33. The number of aromatic nitrogens is 1. The molecule has 1 atom stereocenters. The van der Waals surface area contributed by atoms with Gasteiger partial charge in [0, 0.05) is 54.9 Å². The molecule has 2 aliphatic heterocycles. The van der Waals surface area contributed by atoms with Crippen molar-refractivity contribution in [3.8, 4) is 0 Å². The number of hydrogen-bond donors (Lipinski definition) is 0. The van der Waals surface area contributed by atoms with Gasteiger partial charge in [0.1, 0.15) is 17.8 Å². The maximum absolute atomic E-state index is 14.2. The Hall–Kier alpha value is -2.00. The Labute approximate surface area is 203 Å². The number of piperazine rings is 1. The molecule has 1 aromatic carbocycles. The van der Waals surface area contributed by atoms with Gasteiger partial charge in [0.15, 0.2) is 0 Å². The summed E-state index contributed by atoms with van der Waals surface area (Å²) in [6.07, 6.45) is 4.36. The number of rotatable bonds is 6. The Morgan fingerprint density at radius 2 is 1.94 bits per heavy atom. The molecule has 178 valence electrons. The van der Waals surface area contributed by atoms with Crippen LogP contribution in [0, 0.1) is 15.9 Å². The summed E-state index contributed by atoms with van der Waals surface area (Å²) < 4.78 is 14.2. The van der Waals surface area contributed by atoms with Crippen molar-refractivity contribution in [2.75, 3.05) is 37.6 Å². The average Bonchev–Trinajstić information content (AvgIpc) is 2.81. The Morgan fingerprint density at radius 1 is 1.18 bits per heavy atom. The highest BCUT2D eigenvalue weighted by Crippen LogP contribution is 2.31. The lowest BCUT2D eigenvalue weighted by Gasteiger charge is -2.47. The Bertz CT molecular complexity index is 1000. The minimum Gasteiger partial charge on any atom is -0.353 e. The molecule has 33 heavy (non-hydrogen) atoms. The molecule has 1 aromatic heterocycles. The number of nitrogens with zero attached hydrogens (tertiary/aromatic N) is 5. The van der Waals surface area contributed by atoms with E-state index in [4.69, 9.17) is 23.2 Å². The van der Waals surface area contributed by atoms with Gasteiger partial charge in [0.25, 0.3) is 5.69 Å². The lowest BCUT2D eigenvalue weighted by Crippen LogP contribution is -2.58. The summed E-state index contributed by atoms with van der Waals surface area (Å²) in [6.45, 7) is 7.10. The number of likely N-dealkylation sites (tertiary alicyclic amines) is 1. The van der Waals surface area contributed by atoms with Crippen molar-refractivity contribution in [3.63, 3.8) is 0 Å². The zero-order valence-corrected chi connectivity index (χ0v) is 20.1. The van der Waals surface area contributed by atoms with Crippen molar-refractivity contribution in [2.24, 2.45) is 0 Å².